The fraction of sp³-hybridized carbons (Fsp3) is 0.385. The number of nitrogens with one attached hydrogen (secondary N) is 1. The number of halogens is 1. The Hall–Kier alpha value is -2.15. The molecule has 0 radical (unpaired) electrons. The standard InChI is InChI=1S/C13H15ClN2O5/c1-13(2,3)10(12(18)19)15-11(17)7-5-4-6-8(9(7)14)16(20)21/h4-6,10H,1-3H3,(H,15,17)(H,18,19)/t10-/m1/s1. The molecule has 0 unspecified atom stereocenters. The first-order valence-electron chi connectivity index (χ1n) is 6.02. The number of carboxylic acids is 1. The van der Waals surface area contributed by atoms with Gasteiger partial charge in [-0.05, 0) is 11.5 Å². The number of hydrogen-bond acceptors (Lipinski definition) is 4. The molecule has 0 aromatic heterocycles. The highest BCUT2D eigenvalue weighted by molar-refractivity contribution is 6.35. The van der Waals surface area contributed by atoms with Crippen LogP contribution in [-0.2, 0) is 4.79 Å². The van der Waals surface area contributed by atoms with Gasteiger partial charge in [0, 0.05) is 6.07 Å². The summed E-state index contributed by atoms with van der Waals surface area (Å²) in [6, 6.07) is 2.62. The van der Waals surface area contributed by atoms with Gasteiger partial charge in [-0.2, -0.15) is 0 Å². The predicted octanol–water partition coefficient (Wildman–Crippen LogP) is 2.48. The second kappa shape index (κ2) is 6.09. The van der Waals surface area contributed by atoms with Gasteiger partial charge in [-0.25, -0.2) is 4.79 Å². The average Bonchev–Trinajstić information content (AvgIpc) is 2.33. The number of aliphatic carboxylic acids is 1. The second-order valence-corrected chi connectivity index (χ2v) is 5.88. The van der Waals surface area contributed by atoms with Crippen LogP contribution in [0.3, 0.4) is 0 Å². The van der Waals surface area contributed by atoms with E-state index in [1.54, 1.807) is 20.8 Å². The number of carbonyl (C=O) groups is 2. The smallest absolute Gasteiger partial charge is 0.326 e. The number of carbonyl (C=O) groups excluding carboxylic acids is 1. The summed E-state index contributed by atoms with van der Waals surface area (Å²) in [7, 11) is 0. The van der Waals surface area contributed by atoms with Crippen LogP contribution >= 0.6 is 11.6 Å². The number of nitro benzene ring substituents is 1. The Morgan fingerprint density at radius 3 is 2.38 bits per heavy atom. The highest BCUT2D eigenvalue weighted by atomic mass is 35.5. The fourth-order valence-corrected chi connectivity index (χ4v) is 1.97. The zero-order valence-corrected chi connectivity index (χ0v) is 12.5. The van der Waals surface area contributed by atoms with Crippen molar-refractivity contribution in [2.45, 2.75) is 26.8 Å². The van der Waals surface area contributed by atoms with Crippen LogP contribution in [0.25, 0.3) is 0 Å². The summed E-state index contributed by atoms with van der Waals surface area (Å²) >= 11 is 5.83. The van der Waals surface area contributed by atoms with Crippen LogP contribution < -0.4 is 5.32 Å². The summed E-state index contributed by atoms with van der Waals surface area (Å²) in [5.41, 5.74) is -1.28. The molecule has 0 saturated carbocycles. The van der Waals surface area contributed by atoms with Gasteiger partial charge in [0.15, 0.2) is 0 Å². The van der Waals surface area contributed by atoms with Gasteiger partial charge < -0.3 is 10.4 Å². The number of rotatable bonds is 4. The third-order valence-electron chi connectivity index (χ3n) is 2.81. The SMILES string of the molecule is CC(C)(C)[C@H](NC(=O)c1cccc([N+](=O)[O-])c1Cl)C(=O)O. The third-order valence-corrected chi connectivity index (χ3v) is 3.21. The molecule has 0 spiro atoms. The number of nitrogens with zero attached hydrogens (tertiary/aromatic N) is 1. The van der Waals surface area contributed by atoms with Crippen molar-refractivity contribution in [3.63, 3.8) is 0 Å². The van der Waals surface area contributed by atoms with E-state index in [0.717, 1.165) is 6.07 Å². The molecule has 7 nitrogen and oxygen atoms in total. The molecule has 21 heavy (non-hydrogen) atoms. The molecule has 0 heterocycles. The topological polar surface area (TPSA) is 110 Å². The number of amides is 1. The quantitative estimate of drug-likeness (QED) is 0.655. The first kappa shape index (κ1) is 16.9. The average molecular weight is 315 g/mol. The normalized spacial score (nSPS) is 12.6. The minimum atomic E-state index is -1.20. The molecule has 114 valence electrons. The van der Waals surface area contributed by atoms with Crippen LogP contribution in [0.5, 0.6) is 0 Å². The molecule has 0 bridgehead atoms. The largest absolute Gasteiger partial charge is 0.480 e. The molecular weight excluding hydrogens is 300 g/mol. The van der Waals surface area contributed by atoms with Gasteiger partial charge >= 0.3 is 5.97 Å². The highest BCUT2D eigenvalue weighted by Crippen LogP contribution is 2.28. The van der Waals surface area contributed by atoms with E-state index in [9.17, 15) is 19.7 Å². The first-order valence-corrected chi connectivity index (χ1v) is 6.40. The molecule has 1 aromatic carbocycles. The van der Waals surface area contributed by atoms with Crippen LogP contribution in [0.15, 0.2) is 18.2 Å². The van der Waals surface area contributed by atoms with E-state index in [0.29, 0.717) is 0 Å². The van der Waals surface area contributed by atoms with E-state index in [2.05, 4.69) is 5.32 Å². The van der Waals surface area contributed by atoms with Crippen LogP contribution in [0.2, 0.25) is 5.02 Å². The van der Waals surface area contributed by atoms with Crippen molar-refractivity contribution in [2.75, 3.05) is 0 Å². The van der Waals surface area contributed by atoms with Gasteiger partial charge in [0.2, 0.25) is 0 Å². The molecule has 0 aliphatic rings. The maximum absolute atomic E-state index is 12.1. The van der Waals surface area contributed by atoms with Crippen LogP contribution in [0, 0.1) is 15.5 Å². The van der Waals surface area contributed by atoms with E-state index >= 15 is 0 Å². The number of benzene rings is 1. The van der Waals surface area contributed by atoms with Crippen molar-refractivity contribution in [1.29, 1.82) is 0 Å². The molecule has 8 heteroatoms. The van der Waals surface area contributed by atoms with E-state index in [1.165, 1.54) is 12.1 Å². The summed E-state index contributed by atoms with van der Waals surface area (Å²) in [5, 5.41) is 22.0. The number of hydrogen-bond donors (Lipinski definition) is 2. The molecule has 1 atom stereocenters. The maximum Gasteiger partial charge on any atom is 0.326 e. The van der Waals surface area contributed by atoms with E-state index in [-0.39, 0.29) is 10.6 Å². The summed E-state index contributed by atoms with van der Waals surface area (Å²) in [6.07, 6.45) is 0. The molecule has 0 saturated heterocycles. The van der Waals surface area contributed by atoms with Crippen molar-refractivity contribution in [3.8, 4) is 0 Å². The Balaban J connectivity index is 3.13. The lowest BCUT2D eigenvalue weighted by molar-refractivity contribution is -0.384. The van der Waals surface area contributed by atoms with E-state index in [1.807, 2.05) is 0 Å². The Labute approximate surface area is 126 Å². The fourth-order valence-electron chi connectivity index (χ4n) is 1.69. The van der Waals surface area contributed by atoms with Crippen LogP contribution in [0.4, 0.5) is 5.69 Å². The molecule has 1 amide bonds. The van der Waals surface area contributed by atoms with Crippen LogP contribution in [-0.4, -0.2) is 27.9 Å². The molecule has 0 fully saturated rings. The number of nitro groups is 1. The van der Waals surface area contributed by atoms with Crippen molar-refractivity contribution in [3.05, 3.63) is 38.9 Å². The third kappa shape index (κ3) is 3.91. The zero-order chi connectivity index (χ0) is 16.4. The van der Waals surface area contributed by atoms with E-state index in [4.69, 9.17) is 16.7 Å². The van der Waals surface area contributed by atoms with Gasteiger partial charge in [0.25, 0.3) is 11.6 Å². The first-order chi connectivity index (χ1) is 9.55. The van der Waals surface area contributed by atoms with Crippen LogP contribution in [0.1, 0.15) is 31.1 Å². The number of carboxylic acid groups (broad SMARTS) is 1. The van der Waals surface area contributed by atoms with Crippen molar-refractivity contribution in [1.82, 2.24) is 5.32 Å². The molecular formula is C13H15ClN2O5. The molecule has 0 aliphatic carbocycles. The van der Waals surface area contributed by atoms with E-state index < -0.39 is 33.9 Å². The highest BCUT2D eigenvalue weighted by Gasteiger charge is 2.33. The van der Waals surface area contributed by atoms with Crippen molar-refractivity contribution in [2.24, 2.45) is 5.41 Å². The monoisotopic (exact) mass is 314 g/mol. The summed E-state index contributed by atoms with van der Waals surface area (Å²) in [6.45, 7) is 4.96. The van der Waals surface area contributed by atoms with Gasteiger partial charge in [-0.15, -0.1) is 0 Å². The van der Waals surface area contributed by atoms with Crippen molar-refractivity contribution >= 4 is 29.2 Å². The summed E-state index contributed by atoms with van der Waals surface area (Å²) in [5.74, 6) is -1.97. The Morgan fingerprint density at radius 1 is 1.38 bits per heavy atom. The lowest BCUT2D eigenvalue weighted by atomic mass is 9.86. The minimum Gasteiger partial charge on any atom is -0.480 e. The minimum absolute atomic E-state index is 0.138. The molecule has 0 aliphatic heterocycles. The molecule has 1 aromatic rings. The summed E-state index contributed by atoms with van der Waals surface area (Å²) < 4.78 is 0. The molecule has 2 N–H and O–H groups in total. The zero-order valence-electron chi connectivity index (χ0n) is 11.7. The Kier molecular flexibility index (Phi) is 4.90. The second-order valence-electron chi connectivity index (χ2n) is 5.51. The Morgan fingerprint density at radius 2 is 1.95 bits per heavy atom. The molecule has 1 rings (SSSR count). The van der Waals surface area contributed by atoms with Gasteiger partial charge in [0.1, 0.15) is 11.1 Å². The predicted molar refractivity (Wildman–Crippen MR) is 76.5 cm³/mol. The van der Waals surface area contributed by atoms with Gasteiger partial charge in [-0.3, -0.25) is 14.9 Å². The maximum atomic E-state index is 12.1. The Bertz CT molecular complexity index is 595. The van der Waals surface area contributed by atoms with Gasteiger partial charge in [-0.1, -0.05) is 38.4 Å². The van der Waals surface area contributed by atoms with Crippen molar-refractivity contribution < 1.29 is 19.6 Å². The lowest BCUT2D eigenvalue weighted by Gasteiger charge is -2.27. The summed E-state index contributed by atoms with van der Waals surface area (Å²) in [4.78, 5) is 33.4. The van der Waals surface area contributed by atoms with Gasteiger partial charge in [0.05, 0.1) is 10.5 Å². The lowest BCUT2D eigenvalue weighted by Crippen LogP contribution is -2.49.